The Kier molecular flexibility index (Phi) is 4.42. The van der Waals surface area contributed by atoms with Crippen LogP contribution in [-0.2, 0) is 6.42 Å². The van der Waals surface area contributed by atoms with Gasteiger partial charge in [0.1, 0.15) is 0 Å². The van der Waals surface area contributed by atoms with Gasteiger partial charge >= 0.3 is 0 Å². The maximum atomic E-state index is 8.69. The first-order valence-corrected chi connectivity index (χ1v) is 5.13. The van der Waals surface area contributed by atoms with Gasteiger partial charge in [-0.2, -0.15) is 0 Å². The van der Waals surface area contributed by atoms with E-state index in [0.717, 1.165) is 10.9 Å². The SMILES string of the molecule is NC(CCO)Cc1ccccc1Br. The molecule has 72 valence electrons. The molecular weight excluding hydrogens is 230 g/mol. The summed E-state index contributed by atoms with van der Waals surface area (Å²) in [5.74, 6) is 0. The van der Waals surface area contributed by atoms with Gasteiger partial charge in [0.15, 0.2) is 0 Å². The molecule has 3 heteroatoms. The third kappa shape index (κ3) is 3.46. The molecule has 0 amide bonds. The molecular formula is C10H14BrNO. The van der Waals surface area contributed by atoms with Gasteiger partial charge in [-0.05, 0) is 24.5 Å². The molecule has 1 rings (SSSR count). The summed E-state index contributed by atoms with van der Waals surface area (Å²) in [6, 6.07) is 8.06. The van der Waals surface area contributed by atoms with E-state index in [1.807, 2.05) is 24.3 Å². The molecule has 1 aromatic carbocycles. The fourth-order valence-corrected chi connectivity index (χ4v) is 1.66. The quantitative estimate of drug-likeness (QED) is 0.846. The van der Waals surface area contributed by atoms with Crippen LogP contribution in [0.4, 0.5) is 0 Å². The minimum atomic E-state index is 0.0451. The van der Waals surface area contributed by atoms with Crippen molar-refractivity contribution in [3.8, 4) is 0 Å². The lowest BCUT2D eigenvalue weighted by Gasteiger charge is -2.10. The molecule has 0 saturated heterocycles. The van der Waals surface area contributed by atoms with E-state index in [2.05, 4.69) is 15.9 Å². The highest BCUT2D eigenvalue weighted by Crippen LogP contribution is 2.17. The first kappa shape index (κ1) is 10.7. The fraction of sp³-hybridized carbons (Fsp3) is 0.400. The summed E-state index contributed by atoms with van der Waals surface area (Å²) < 4.78 is 1.09. The highest BCUT2D eigenvalue weighted by molar-refractivity contribution is 9.10. The van der Waals surface area contributed by atoms with Gasteiger partial charge in [-0.15, -0.1) is 0 Å². The topological polar surface area (TPSA) is 46.2 Å². The third-order valence-electron chi connectivity index (χ3n) is 1.94. The summed E-state index contributed by atoms with van der Waals surface area (Å²) in [5.41, 5.74) is 7.00. The molecule has 13 heavy (non-hydrogen) atoms. The van der Waals surface area contributed by atoms with Crippen LogP contribution in [0.3, 0.4) is 0 Å². The van der Waals surface area contributed by atoms with Crippen LogP contribution in [0.25, 0.3) is 0 Å². The number of nitrogens with two attached hydrogens (primary N) is 1. The molecule has 0 radical (unpaired) electrons. The number of halogens is 1. The van der Waals surface area contributed by atoms with Crippen molar-refractivity contribution in [2.45, 2.75) is 18.9 Å². The molecule has 0 bridgehead atoms. The Bertz CT molecular complexity index is 265. The molecule has 0 aliphatic heterocycles. The number of hydrogen-bond acceptors (Lipinski definition) is 2. The summed E-state index contributed by atoms with van der Waals surface area (Å²) in [7, 11) is 0. The van der Waals surface area contributed by atoms with Crippen LogP contribution in [-0.4, -0.2) is 17.8 Å². The maximum absolute atomic E-state index is 8.69. The predicted octanol–water partition coefficient (Wildman–Crippen LogP) is 1.70. The van der Waals surface area contributed by atoms with E-state index in [-0.39, 0.29) is 12.6 Å². The lowest BCUT2D eigenvalue weighted by Crippen LogP contribution is -2.24. The molecule has 0 aliphatic rings. The molecule has 2 nitrogen and oxygen atoms in total. The van der Waals surface area contributed by atoms with E-state index in [1.165, 1.54) is 5.56 Å². The van der Waals surface area contributed by atoms with Gasteiger partial charge < -0.3 is 10.8 Å². The highest BCUT2D eigenvalue weighted by atomic mass is 79.9. The molecule has 1 unspecified atom stereocenters. The number of aliphatic hydroxyl groups is 1. The second kappa shape index (κ2) is 5.37. The van der Waals surface area contributed by atoms with E-state index < -0.39 is 0 Å². The molecule has 0 aliphatic carbocycles. The molecule has 0 spiro atoms. The standard InChI is InChI=1S/C10H14BrNO/c11-10-4-2-1-3-8(10)7-9(12)5-6-13/h1-4,9,13H,5-7,12H2. The van der Waals surface area contributed by atoms with E-state index in [0.29, 0.717) is 6.42 Å². The molecule has 0 fully saturated rings. The minimum absolute atomic E-state index is 0.0451. The lowest BCUT2D eigenvalue weighted by atomic mass is 10.0. The first-order chi connectivity index (χ1) is 6.24. The van der Waals surface area contributed by atoms with Crippen LogP contribution < -0.4 is 5.73 Å². The van der Waals surface area contributed by atoms with Crippen molar-refractivity contribution < 1.29 is 5.11 Å². The maximum Gasteiger partial charge on any atom is 0.0445 e. The van der Waals surface area contributed by atoms with Crippen molar-refractivity contribution in [3.05, 3.63) is 34.3 Å². The van der Waals surface area contributed by atoms with E-state index >= 15 is 0 Å². The zero-order valence-electron chi connectivity index (χ0n) is 7.41. The highest BCUT2D eigenvalue weighted by Gasteiger charge is 2.05. The van der Waals surface area contributed by atoms with Gasteiger partial charge in [0, 0.05) is 17.1 Å². The number of rotatable bonds is 4. The van der Waals surface area contributed by atoms with Crippen molar-refractivity contribution in [1.82, 2.24) is 0 Å². The van der Waals surface area contributed by atoms with Crippen LogP contribution in [0.15, 0.2) is 28.7 Å². The second-order valence-corrected chi connectivity index (χ2v) is 3.92. The summed E-state index contributed by atoms with van der Waals surface area (Å²) in [6.45, 7) is 0.158. The van der Waals surface area contributed by atoms with Gasteiger partial charge in [0.25, 0.3) is 0 Å². The van der Waals surface area contributed by atoms with Crippen LogP contribution >= 0.6 is 15.9 Å². The Morgan fingerprint density at radius 2 is 2.08 bits per heavy atom. The average molecular weight is 244 g/mol. The molecule has 3 N–H and O–H groups in total. The third-order valence-corrected chi connectivity index (χ3v) is 2.71. The summed E-state index contributed by atoms with van der Waals surface area (Å²) in [6.07, 6.45) is 1.46. The Morgan fingerprint density at radius 3 is 2.69 bits per heavy atom. The van der Waals surface area contributed by atoms with Crippen LogP contribution in [0.2, 0.25) is 0 Å². The zero-order chi connectivity index (χ0) is 9.68. The van der Waals surface area contributed by atoms with E-state index in [1.54, 1.807) is 0 Å². The summed E-state index contributed by atoms with van der Waals surface area (Å²) >= 11 is 3.46. The smallest absolute Gasteiger partial charge is 0.0445 e. The average Bonchev–Trinajstić information content (AvgIpc) is 2.09. The van der Waals surface area contributed by atoms with Crippen LogP contribution in [0.1, 0.15) is 12.0 Å². The fourth-order valence-electron chi connectivity index (χ4n) is 1.21. The normalized spacial score (nSPS) is 12.8. The second-order valence-electron chi connectivity index (χ2n) is 3.07. The Morgan fingerprint density at radius 1 is 1.38 bits per heavy atom. The molecule has 0 heterocycles. The number of hydrogen-bond donors (Lipinski definition) is 2. The summed E-state index contributed by atoms with van der Waals surface area (Å²) in [4.78, 5) is 0. The van der Waals surface area contributed by atoms with Crippen LogP contribution in [0, 0.1) is 0 Å². The Hall–Kier alpha value is -0.380. The van der Waals surface area contributed by atoms with Crippen molar-refractivity contribution >= 4 is 15.9 Å². The summed E-state index contributed by atoms with van der Waals surface area (Å²) in [5, 5.41) is 8.69. The van der Waals surface area contributed by atoms with Crippen molar-refractivity contribution in [3.63, 3.8) is 0 Å². The molecule has 0 saturated carbocycles. The number of benzene rings is 1. The van der Waals surface area contributed by atoms with Crippen molar-refractivity contribution in [2.75, 3.05) is 6.61 Å². The van der Waals surface area contributed by atoms with Gasteiger partial charge in [0.05, 0.1) is 0 Å². The first-order valence-electron chi connectivity index (χ1n) is 4.34. The molecule has 1 atom stereocenters. The van der Waals surface area contributed by atoms with Crippen LogP contribution in [0.5, 0.6) is 0 Å². The minimum Gasteiger partial charge on any atom is -0.396 e. The Labute approximate surface area is 86.9 Å². The van der Waals surface area contributed by atoms with Crippen molar-refractivity contribution in [1.29, 1.82) is 0 Å². The van der Waals surface area contributed by atoms with Gasteiger partial charge in [-0.25, -0.2) is 0 Å². The molecule has 1 aromatic rings. The largest absolute Gasteiger partial charge is 0.396 e. The molecule has 0 aromatic heterocycles. The Balaban J connectivity index is 2.58. The van der Waals surface area contributed by atoms with E-state index in [4.69, 9.17) is 10.8 Å². The lowest BCUT2D eigenvalue weighted by molar-refractivity contribution is 0.275. The van der Waals surface area contributed by atoms with Gasteiger partial charge in [0.2, 0.25) is 0 Å². The zero-order valence-corrected chi connectivity index (χ0v) is 9.00. The number of aliphatic hydroxyl groups excluding tert-OH is 1. The van der Waals surface area contributed by atoms with Gasteiger partial charge in [-0.3, -0.25) is 0 Å². The van der Waals surface area contributed by atoms with Crippen molar-refractivity contribution in [2.24, 2.45) is 5.73 Å². The monoisotopic (exact) mass is 243 g/mol. The predicted molar refractivity (Wildman–Crippen MR) is 57.5 cm³/mol. The van der Waals surface area contributed by atoms with E-state index in [9.17, 15) is 0 Å². The van der Waals surface area contributed by atoms with Gasteiger partial charge in [-0.1, -0.05) is 34.1 Å².